The van der Waals surface area contributed by atoms with E-state index in [1.807, 2.05) is 78.9 Å². The van der Waals surface area contributed by atoms with E-state index >= 15 is 0 Å². The molecule has 3 aliphatic carbocycles. The van der Waals surface area contributed by atoms with Gasteiger partial charge in [0.1, 0.15) is 0 Å². The number of para-hydroxylation sites is 2. The predicted octanol–water partition coefficient (Wildman–Crippen LogP) is 14.1. The highest BCUT2D eigenvalue weighted by molar-refractivity contribution is 6.09. The van der Waals surface area contributed by atoms with Crippen molar-refractivity contribution in [2.24, 2.45) is 0 Å². The van der Waals surface area contributed by atoms with Crippen LogP contribution in [0.3, 0.4) is 0 Å². The zero-order chi connectivity index (χ0) is 45.4. The molecule has 2 atom stereocenters. The van der Waals surface area contributed by atoms with Gasteiger partial charge in [-0.3, -0.25) is 0 Å². The Morgan fingerprint density at radius 1 is 0.246 bits per heavy atom. The minimum Gasteiger partial charge on any atom is -0.309 e. The Morgan fingerprint density at radius 3 is 0.957 bits per heavy atom. The zero-order valence-electron chi connectivity index (χ0n) is 37.1. The molecule has 0 fully saturated rings. The Hall–Kier alpha value is -9.20. The van der Waals surface area contributed by atoms with E-state index in [0.717, 1.165) is 39.1 Å². The van der Waals surface area contributed by atoms with Gasteiger partial charge >= 0.3 is 0 Å². The van der Waals surface area contributed by atoms with Crippen LogP contribution in [0.2, 0.25) is 0 Å². The molecular weight excluding hydrogens is 843 g/mol. The lowest BCUT2D eigenvalue weighted by Gasteiger charge is -2.42. The highest BCUT2D eigenvalue weighted by Gasteiger charge is 2.41. The fourth-order valence-corrected chi connectivity index (χ4v) is 10.7. The maximum Gasteiger partial charge on any atom is 0.164 e. The van der Waals surface area contributed by atoms with Crippen molar-refractivity contribution in [3.05, 3.63) is 258 Å². The van der Waals surface area contributed by atoms with E-state index < -0.39 is 0 Å². The molecule has 15 rings (SSSR count). The largest absolute Gasteiger partial charge is 0.309 e. The van der Waals surface area contributed by atoms with Crippen molar-refractivity contribution in [3.8, 4) is 74.0 Å². The van der Waals surface area contributed by atoms with Gasteiger partial charge in [0.2, 0.25) is 0 Å². The second-order valence-electron chi connectivity index (χ2n) is 17.8. The number of hydrogen-bond donors (Lipinski definition) is 0. The lowest BCUT2D eigenvalue weighted by atomic mass is 9.61. The van der Waals surface area contributed by atoms with E-state index in [0.29, 0.717) is 34.9 Å². The smallest absolute Gasteiger partial charge is 0.164 e. The third kappa shape index (κ3) is 6.43. The number of hydrogen-bond acceptors (Lipinski definition) is 6. The van der Waals surface area contributed by atoms with Crippen LogP contribution < -0.4 is 0 Å². The van der Waals surface area contributed by atoms with E-state index in [4.69, 9.17) is 29.9 Å². The molecule has 3 aliphatic rings. The molecule has 322 valence electrons. The molecule has 2 unspecified atom stereocenters. The van der Waals surface area contributed by atoms with Gasteiger partial charge in [-0.2, -0.15) is 0 Å². The van der Waals surface area contributed by atoms with Gasteiger partial charge in [-0.25, -0.2) is 29.9 Å². The highest BCUT2D eigenvalue weighted by atomic mass is 15.0. The van der Waals surface area contributed by atoms with Crippen molar-refractivity contribution in [1.82, 2.24) is 34.5 Å². The van der Waals surface area contributed by atoms with E-state index in [9.17, 15) is 0 Å². The molecule has 0 radical (unpaired) electrons. The summed E-state index contributed by atoms with van der Waals surface area (Å²) in [4.78, 5) is 30.7. The predicted molar refractivity (Wildman–Crippen MR) is 275 cm³/mol. The fraction of sp³-hybridized carbons (Fsp3) is 0.0323. The summed E-state index contributed by atoms with van der Waals surface area (Å²) in [5, 5.41) is 2.47. The Kier molecular flexibility index (Phi) is 8.89. The summed E-state index contributed by atoms with van der Waals surface area (Å²) in [6.07, 6.45) is 0. The van der Waals surface area contributed by atoms with Gasteiger partial charge < -0.3 is 4.57 Å². The van der Waals surface area contributed by atoms with Crippen LogP contribution in [0.4, 0.5) is 0 Å². The van der Waals surface area contributed by atoms with E-state index in [2.05, 4.69) is 150 Å². The molecule has 2 bridgehead atoms. The van der Waals surface area contributed by atoms with E-state index in [1.54, 1.807) is 0 Å². The Morgan fingerprint density at radius 2 is 0.551 bits per heavy atom. The average molecular weight is 882 g/mol. The summed E-state index contributed by atoms with van der Waals surface area (Å²) >= 11 is 0. The summed E-state index contributed by atoms with van der Waals surface area (Å²) in [5.74, 6) is 3.88. The van der Waals surface area contributed by atoms with Gasteiger partial charge in [-0.15, -0.1) is 0 Å². The van der Waals surface area contributed by atoms with Crippen molar-refractivity contribution < 1.29 is 0 Å². The van der Waals surface area contributed by atoms with Gasteiger partial charge in [0, 0.05) is 61.7 Å². The quantitative estimate of drug-likeness (QED) is 0.159. The monoisotopic (exact) mass is 881 g/mol. The molecule has 3 heterocycles. The molecular formula is C62H39N7. The lowest BCUT2D eigenvalue weighted by Crippen LogP contribution is -2.27. The van der Waals surface area contributed by atoms with Crippen LogP contribution in [0.1, 0.15) is 45.2 Å². The van der Waals surface area contributed by atoms with Gasteiger partial charge in [-0.1, -0.05) is 176 Å². The van der Waals surface area contributed by atoms with Crippen molar-refractivity contribution in [3.63, 3.8) is 0 Å². The van der Waals surface area contributed by atoms with Crippen molar-refractivity contribution >= 4 is 21.8 Å². The molecule has 0 saturated heterocycles. The fourth-order valence-electron chi connectivity index (χ4n) is 10.7. The summed E-state index contributed by atoms with van der Waals surface area (Å²) in [5.41, 5.74) is 16.9. The topological polar surface area (TPSA) is 82.3 Å². The molecule has 0 amide bonds. The molecule has 3 aromatic heterocycles. The first-order chi connectivity index (χ1) is 34.2. The SMILES string of the molecule is c1ccc(-c2nc(-c3ccccc3)nc(-c3ccc4c(c3)C3c5ccccc5C4c4cc(-c5nc(-c6ccccc6)nc(-c6ccc(-n7c8ccccc8c8ccccc87)cc6)n5)ccc43)n2)cc1. The van der Waals surface area contributed by atoms with Gasteiger partial charge in [0.25, 0.3) is 0 Å². The number of benzene rings is 9. The number of aromatic nitrogens is 7. The zero-order valence-corrected chi connectivity index (χ0v) is 37.1. The van der Waals surface area contributed by atoms with Gasteiger partial charge in [0.15, 0.2) is 34.9 Å². The molecule has 0 N–H and O–H groups in total. The first kappa shape index (κ1) is 39.0. The summed E-state index contributed by atoms with van der Waals surface area (Å²) in [6, 6.07) is 78.8. The van der Waals surface area contributed by atoms with Gasteiger partial charge in [-0.05, 0) is 81.9 Å². The molecule has 7 nitrogen and oxygen atoms in total. The summed E-state index contributed by atoms with van der Waals surface area (Å²) < 4.78 is 2.33. The van der Waals surface area contributed by atoms with Crippen LogP contribution in [0.5, 0.6) is 0 Å². The minimum absolute atomic E-state index is 0.0200. The molecule has 0 saturated carbocycles. The second kappa shape index (κ2) is 15.7. The molecule has 12 aromatic rings. The molecule has 0 spiro atoms. The molecule has 9 aromatic carbocycles. The van der Waals surface area contributed by atoms with Crippen LogP contribution >= 0.6 is 0 Å². The maximum absolute atomic E-state index is 5.25. The van der Waals surface area contributed by atoms with Crippen LogP contribution in [-0.4, -0.2) is 34.5 Å². The number of rotatable bonds is 7. The van der Waals surface area contributed by atoms with Crippen LogP contribution in [0.25, 0.3) is 95.8 Å². The van der Waals surface area contributed by atoms with Crippen molar-refractivity contribution in [1.29, 1.82) is 0 Å². The summed E-state index contributed by atoms with van der Waals surface area (Å²) in [7, 11) is 0. The molecule has 7 heteroatoms. The molecule has 0 aliphatic heterocycles. The first-order valence-corrected chi connectivity index (χ1v) is 23.3. The lowest BCUT2D eigenvalue weighted by molar-refractivity contribution is 0.754. The van der Waals surface area contributed by atoms with Crippen molar-refractivity contribution in [2.75, 3.05) is 0 Å². The first-order valence-electron chi connectivity index (χ1n) is 23.3. The van der Waals surface area contributed by atoms with Gasteiger partial charge in [0.05, 0.1) is 11.0 Å². The van der Waals surface area contributed by atoms with Crippen LogP contribution in [0.15, 0.2) is 224 Å². The van der Waals surface area contributed by atoms with Crippen LogP contribution in [-0.2, 0) is 0 Å². The second-order valence-corrected chi connectivity index (χ2v) is 17.8. The standard InChI is InChI=1S/C62H39N7/c1-4-16-38(17-5-1)57-63-58(39-18-6-2-7-19-39)66-61(65-57)42-30-34-49-51(36-42)55-47-24-10-11-25-48(47)56(49)52-37-43(31-35-50(52)55)62-67-59(40-20-8-3-9-21-40)64-60(68-62)41-28-32-44(33-29-41)69-53-26-14-12-22-45(53)46-23-13-15-27-54(46)69/h1-37,55-56H. The maximum atomic E-state index is 5.25. The normalized spacial score (nSPS) is 14.4. The average Bonchev–Trinajstić information content (AvgIpc) is 3.77. The number of fused-ring (bicyclic) bond motifs is 3. The van der Waals surface area contributed by atoms with Crippen LogP contribution in [0, 0.1) is 0 Å². The third-order valence-corrected chi connectivity index (χ3v) is 13.9. The molecule has 69 heavy (non-hydrogen) atoms. The Bertz CT molecular complexity index is 3850. The Balaban J connectivity index is 0.871. The van der Waals surface area contributed by atoms with Crippen molar-refractivity contribution in [2.45, 2.75) is 11.8 Å². The third-order valence-electron chi connectivity index (χ3n) is 13.9. The highest BCUT2D eigenvalue weighted by Crippen LogP contribution is 2.56. The minimum atomic E-state index is 0.0200. The van der Waals surface area contributed by atoms with E-state index in [-0.39, 0.29) is 11.8 Å². The summed E-state index contributed by atoms with van der Waals surface area (Å²) in [6.45, 7) is 0. The van der Waals surface area contributed by atoms with E-state index in [1.165, 1.54) is 55.2 Å². The number of nitrogens with zero attached hydrogens (tertiary/aromatic N) is 7. The Labute approximate surface area is 398 Å².